The van der Waals surface area contributed by atoms with Crippen molar-refractivity contribution >= 4 is 11.9 Å². The lowest BCUT2D eigenvalue weighted by Crippen LogP contribution is -2.38. The van der Waals surface area contributed by atoms with Crippen molar-refractivity contribution in [2.24, 2.45) is 10.9 Å². The summed E-state index contributed by atoms with van der Waals surface area (Å²) in [5.41, 5.74) is 2.70. The van der Waals surface area contributed by atoms with Crippen LogP contribution in [-0.2, 0) is 17.6 Å². The number of aryl methyl sites for hydroxylation is 1. The Labute approximate surface area is 193 Å². The number of hydrogen-bond acceptors (Lipinski definition) is 2. The number of carbonyl (C=O) groups is 1. The average molecular weight is 435 g/mol. The highest BCUT2D eigenvalue weighted by atomic mass is 16.2. The molecule has 0 aromatic heterocycles. The Bertz CT molecular complexity index is 822. The van der Waals surface area contributed by atoms with Crippen LogP contribution in [0.3, 0.4) is 0 Å². The number of guanidine groups is 1. The van der Waals surface area contributed by atoms with Crippen LogP contribution in [0.5, 0.6) is 0 Å². The molecule has 0 saturated carbocycles. The summed E-state index contributed by atoms with van der Waals surface area (Å²) in [6, 6.07) is 21.1. The van der Waals surface area contributed by atoms with Crippen molar-refractivity contribution in [2.75, 3.05) is 32.7 Å². The van der Waals surface area contributed by atoms with Crippen LogP contribution in [0.1, 0.15) is 43.7 Å². The van der Waals surface area contributed by atoms with E-state index in [1.807, 2.05) is 11.0 Å². The third-order valence-electron chi connectivity index (χ3n) is 5.94. The van der Waals surface area contributed by atoms with E-state index >= 15 is 0 Å². The third-order valence-corrected chi connectivity index (χ3v) is 5.94. The second kappa shape index (κ2) is 13.6. The maximum Gasteiger partial charge on any atom is 0.223 e. The number of amides is 1. The van der Waals surface area contributed by atoms with Gasteiger partial charge in [0.05, 0.1) is 0 Å². The van der Waals surface area contributed by atoms with Crippen LogP contribution in [-0.4, -0.2) is 49.5 Å². The normalized spacial score (nSPS) is 16.4. The Hall–Kier alpha value is -2.82. The molecule has 1 aliphatic heterocycles. The predicted molar refractivity (Wildman–Crippen MR) is 133 cm³/mol. The molecule has 1 amide bonds. The van der Waals surface area contributed by atoms with Crippen molar-refractivity contribution in [1.82, 2.24) is 15.5 Å². The van der Waals surface area contributed by atoms with Gasteiger partial charge in [0.15, 0.2) is 5.96 Å². The standard InChI is InChI=1S/C27H38N4O/c1-2-28-27(29-18-11-5-10-14-23-12-6-3-7-13-23)30-21-25-20-26(32)31(22-25)19-17-24-15-8-4-9-16-24/h3-4,6-9,12-13,15-16,25H,2,5,10-11,14,17-22H2,1H3,(H2,28,29,30). The molecular formula is C27H38N4O. The Morgan fingerprint density at radius 3 is 2.31 bits per heavy atom. The molecule has 1 unspecified atom stereocenters. The van der Waals surface area contributed by atoms with Gasteiger partial charge in [0.1, 0.15) is 0 Å². The molecular weight excluding hydrogens is 396 g/mol. The van der Waals surface area contributed by atoms with Crippen LogP contribution in [0.2, 0.25) is 0 Å². The van der Waals surface area contributed by atoms with Crippen molar-refractivity contribution in [1.29, 1.82) is 0 Å². The molecule has 0 aliphatic carbocycles. The van der Waals surface area contributed by atoms with E-state index in [0.29, 0.717) is 18.9 Å². The molecule has 2 aromatic carbocycles. The predicted octanol–water partition coefficient (Wildman–Crippen LogP) is 4.05. The summed E-state index contributed by atoms with van der Waals surface area (Å²) >= 11 is 0. The van der Waals surface area contributed by atoms with Gasteiger partial charge in [-0.3, -0.25) is 9.79 Å². The zero-order chi connectivity index (χ0) is 22.4. The molecule has 3 rings (SSSR count). The van der Waals surface area contributed by atoms with Gasteiger partial charge in [-0.25, -0.2) is 0 Å². The highest BCUT2D eigenvalue weighted by Crippen LogP contribution is 2.18. The molecule has 0 radical (unpaired) electrons. The molecule has 2 aromatic rings. The topological polar surface area (TPSA) is 56.7 Å². The SMILES string of the molecule is CCNC(=NCC1CC(=O)N(CCc2ccccc2)C1)NCCCCCc1ccccc1. The van der Waals surface area contributed by atoms with E-state index in [4.69, 9.17) is 4.99 Å². The number of nitrogens with zero attached hydrogens (tertiary/aromatic N) is 2. The number of aliphatic imine (C=N–C) groups is 1. The van der Waals surface area contributed by atoms with Gasteiger partial charge < -0.3 is 15.5 Å². The molecule has 172 valence electrons. The Morgan fingerprint density at radius 1 is 0.938 bits per heavy atom. The minimum Gasteiger partial charge on any atom is -0.357 e. The van der Waals surface area contributed by atoms with Crippen molar-refractivity contribution in [3.8, 4) is 0 Å². The van der Waals surface area contributed by atoms with Gasteiger partial charge in [-0.1, -0.05) is 67.1 Å². The van der Waals surface area contributed by atoms with Crippen LogP contribution in [0.4, 0.5) is 0 Å². The number of unbranched alkanes of at least 4 members (excludes halogenated alkanes) is 2. The maximum absolute atomic E-state index is 12.4. The van der Waals surface area contributed by atoms with E-state index < -0.39 is 0 Å². The van der Waals surface area contributed by atoms with Crippen molar-refractivity contribution in [3.63, 3.8) is 0 Å². The molecule has 1 heterocycles. The lowest BCUT2D eigenvalue weighted by atomic mass is 10.1. The lowest BCUT2D eigenvalue weighted by Gasteiger charge is -2.16. The lowest BCUT2D eigenvalue weighted by molar-refractivity contribution is -0.127. The fourth-order valence-electron chi connectivity index (χ4n) is 4.15. The van der Waals surface area contributed by atoms with E-state index in [9.17, 15) is 4.79 Å². The maximum atomic E-state index is 12.4. The molecule has 1 saturated heterocycles. The first kappa shape index (κ1) is 23.8. The zero-order valence-corrected chi connectivity index (χ0v) is 19.4. The minimum atomic E-state index is 0.262. The van der Waals surface area contributed by atoms with Crippen molar-refractivity contribution in [3.05, 3.63) is 71.8 Å². The highest BCUT2D eigenvalue weighted by Gasteiger charge is 2.28. The summed E-state index contributed by atoms with van der Waals surface area (Å²) in [6.07, 6.45) is 6.21. The average Bonchev–Trinajstić information content (AvgIpc) is 3.19. The number of hydrogen-bond donors (Lipinski definition) is 2. The molecule has 0 spiro atoms. The molecule has 5 heteroatoms. The number of likely N-dealkylation sites (tertiary alicyclic amines) is 1. The van der Waals surface area contributed by atoms with Crippen molar-refractivity contribution in [2.45, 2.75) is 45.4 Å². The Kier molecular flexibility index (Phi) is 10.1. The molecule has 1 aliphatic rings. The Morgan fingerprint density at radius 2 is 1.62 bits per heavy atom. The van der Waals surface area contributed by atoms with E-state index in [1.165, 1.54) is 24.0 Å². The first-order valence-corrected chi connectivity index (χ1v) is 12.1. The summed E-state index contributed by atoms with van der Waals surface area (Å²) in [7, 11) is 0. The van der Waals surface area contributed by atoms with Crippen LogP contribution in [0.15, 0.2) is 65.7 Å². The van der Waals surface area contributed by atoms with Gasteiger partial charge in [0.2, 0.25) is 5.91 Å². The molecule has 32 heavy (non-hydrogen) atoms. The first-order valence-electron chi connectivity index (χ1n) is 12.1. The minimum absolute atomic E-state index is 0.262. The van der Waals surface area contributed by atoms with E-state index in [-0.39, 0.29) is 5.91 Å². The Balaban J connectivity index is 1.34. The molecule has 2 N–H and O–H groups in total. The number of benzene rings is 2. The van der Waals surface area contributed by atoms with Gasteiger partial charge in [-0.05, 0) is 43.7 Å². The van der Waals surface area contributed by atoms with Gasteiger partial charge in [-0.2, -0.15) is 0 Å². The molecule has 1 fully saturated rings. The molecule has 5 nitrogen and oxygen atoms in total. The highest BCUT2D eigenvalue weighted by molar-refractivity contribution is 5.80. The first-order chi connectivity index (χ1) is 15.7. The summed E-state index contributed by atoms with van der Waals surface area (Å²) in [4.78, 5) is 19.2. The quantitative estimate of drug-likeness (QED) is 0.301. The largest absolute Gasteiger partial charge is 0.357 e. The van der Waals surface area contributed by atoms with E-state index in [2.05, 4.69) is 72.2 Å². The number of rotatable bonds is 12. The number of nitrogens with one attached hydrogen (secondary N) is 2. The summed E-state index contributed by atoms with van der Waals surface area (Å²) in [5.74, 6) is 1.43. The van der Waals surface area contributed by atoms with Crippen molar-refractivity contribution < 1.29 is 4.79 Å². The van der Waals surface area contributed by atoms with Gasteiger partial charge in [0.25, 0.3) is 0 Å². The third kappa shape index (κ3) is 8.37. The van der Waals surface area contributed by atoms with Crippen LogP contribution < -0.4 is 10.6 Å². The smallest absolute Gasteiger partial charge is 0.223 e. The molecule has 0 bridgehead atoms. The second-order valence-corrected chi connectivity index (χ2v) is 8.59. The van der Waals surface area contributed by atoms with E-state index in [1.54, 1.807) is 0 Å². The summed E-state index contributed by atoms with van der Waals surface area (Å²) in [5, 5.41) is 6.79. The fourth-order valence-corrected chi connectivity index (χ4v) is 4.15. The second-order valence-electron chi connectivity index (χ2n) is 8.59. The van der Waals surface area contributed by atoms with Crippen LogP contribution >= 0.6 is 0 Å². The van der Waals surface area contributed by atoms with Gasteiger partial charge >= 0.3 is 0 Å². The monoisotopic (exact) mass is 434 g/mol. The number of carbonyl (C=O) groups excluding carboxylic acids is 1. The fraction of sp³-hybridized carbons (Fsp3) is 0.481. The summed E-state index contributed by atoms with van der Waals surface area (Å²) < 4.78 is 0. The zero-order valence-electron chi connectivity index (χ0n) is 19.4. The molecule has 1 atom stereocenters. The van der Waals surface area contributed by atoms with Crippen LogP contribution in [0, 0.1) is 5.92 Å². The van der Waals surface area contributed by atoms with Gasteiger partial charge in [-0.15, -0.1) is 0 Å². The van der Waals surface area contributed by atoms with Crippen LogP contribution in [0.25, 0.3) is 0 Å². The summed E-state index contributed by atoms with van der Waals surface area (Å²) in [6.45, 7) is 6.15. The van der Waals surface area contributed by atoms with E-state index in [0.717, 1.165) is 51.4 Å². The van der Waals surface area contributed by atoms with Gasteiger partial charge in [0, 0.05) is 45.1 Å².